The molecule has 2 saturated heterocycles. The smallest absolute Gasteiger partial charge is 0.410 e. The third-order valence-electron chi connectivity index (χ3n) is 5.83. The van der Waals surface area contributed by atoms with Crippen LogP contribution in [0.1, 0.15) is 52.0 Å². The first-order valence-electron chi connectivity index (χ1n) is 10.7. The van der Waals surface area contributed by atoms with Gasteiger partial charge in [-0.1, -0.05) is 12.1 Å². The Morgan fingerprint density at radius 3 is 2.47 bits per heavy atom. The normalized spacial score (nSPS) is 19.9. The van der Waals surface area contributed by atoms with E-state index in [-0.39, 0.29) is 23.8 Å². The van der Waals surface area contributed by atoms with E-state index in [1.165, 1.54) is 12.1 Å². The molecule has 6 nitrogen and oxygen atoms in total. The third kappa shape index (κ3) is 5.50. The molecule has 166 valence electrons. The van der Waals surface area contributed by atoms with Gasteiger partial charge < -0.3 is 19.1 Å². The standard InChI is InChI=1S/C23H32FNO5/c1-22(2,3)30-21(27)25-11-7-17(8-12-25)16-29-20(26)23(9-13-28-14-10-23)18-5-4-6-19(24)15-18/h4-6,15,17H,7-14,16H2,1-3H3. The highest BCUT2D eigenvalue weighted by atomic mass is 19.1. The van der Waals surface area contributed by atoms with Crippen LogP contribution in [0.5, 0.6) is 0 Å². The lowest BCUT2D eigenvalue weighted by Gasteiger charge is -2.36. The Balaban J connectivity index is 1.56. The van der Waals surface area contributed by atoms with Crippen LogP contribution in [0.4, 0.5) is 9.18 Å². The van der Waals surface area contributed by atoms with Crippen molar-refractivity contribution in [3.8, 4) is 0 Å². The van der Waals surface area contributed by atoms with Crippen LogP contribution in [0.25, 0.3) is 0 Å². The molecule has 0 saturated carbocycles. The molecule has 2 aliphatic heterocycles. The van der Waals surface area contributed by atoms with Crippen molar-refractivity contribution in [1.82, 2.24) is 4.90 Å². The predicted octanol–water partition coefficient (Wildman–Crippen LogP) is 4.06. The van der Waals surface area contributed by atoms with Crippen molar-refractivity contribution < 1.29 is 28.2 Å². The molecule has 0 bridgehead atoms. The van der Waals surface area contributed by atoms with Crippen LogP contribution in [0, 0.1) is 11.7 Å². The number of likely N-dealkylation sites (tertiary alicyclic amines) is 1. The van der Waals surface area contributed by atoms with E-state index >= 15 is 0 Å². The molecular weight excluding hydrogens is 389 g/mol. The summed E-state index contributed by atoms with van der Waals surface area (Å²) in [5.41, 5.74) is -0.730. The van der Waals surface area contributed by atoms with Crippen molar-refractivity contribution in [3.63, 3.8) is 0 Å². The molecule has 0 unspecified atom stereocenters. The van der Waals surface area contributed by atoms with Gasteiger partial charge in [0.05, 0.1) is 12.0 Å². The summed E-state index contributed by atoms with van der Waals surface area (Å²) in [5.74, 6) is -0.483. The van der Waals surface area contributed by atoms with E-state index in [2.05, 4.69) is 0 Å². The number of piperidine rings is 1. The predicted molar refractivity (Wildman–Crippen MR) is 110 cm³/mol. The van der Waals surface area contributed by atoms with Crippen LogP contribution in [0.2, 0.25) is 0 Å². The maximum Gasteiger partial charge on any atom is 0.410 e. The average Bonchev–Trinajstić information content (AvgIpc) is 2.71. The topological polar surface area (TPSA) is 65.1 Å². The Morgan fingerprint density at radius 2 is 1.87 bits per heavy atom. The number of halogens is 1. The number of hydrogen-bond donors (Lipinski definition) is 0. The second-order valence-corrected chi connectivity index (χ2v) is 9.21. The van der Waals surface area contributed by atoms with Gasteiger partial charge in [0, 0.05) is 26.3 Å². The van der Waals surface area contributed by atoms with Crippen LogP contribution in [-0.2, 0) is 24.4 Å². The van der Waals surface area contributed by atoms with Crippen molar-refractivity contribution in [3.05, 3.63) is 35.6 Å². The molecule has 0 N–H and O–H groups in total. The number of carbonyl (C=O) groups excluding carboxylic acids is 2. The molecule has 2 aliphatic rings. The average molecular weight is 422 g/mol. The van der Waals surface area contributed by atoms with Crippen molar-refractivity contribution in [2.24, 2.45) is 5.92 Å². The first-order valence-corrected chi connectivity index (χ1v) is 10.7. The van der Waals surface area contributed by atoms with Gasteiger partial charge >= 0.3 is 12.1 Å². The van der Waals surface area contributed by atoms with Crippen molar-refractivity contribution in [1.29, 1.82) is 0 Å². The lowest BCUT2D eigenvalue weighted by Crippen LogP contribution is -2.44. The number of hydrogen-bond acceptors (Lipinski definition) is 5. The summed E-state index contributed by atoms with van der Waals surface area (Å²) in [6.45, 7) is 7.91. The summed E-state index contributed by atoms with van der Waals surface area (Å²) in [6, 6.07) is 6.21. The van der Waals surface area contributed by atoms with Gasteiger partial charge in [0.15, 0.2) is 0 Å². The zero-order chi connectivity index (χ0) is 21.8. The quantitative estimate of drug-likeness (QED) is 0.686. The lowest BCUT2D eigenvalue weighted by molar-refractivity contribution is -0.156. The van der Waals surface area contributed by atoms with Gasteiger partial charge in [-0.05, 0) is 70.1 Å². The summed E-state index contributed by atoms with van der Waals surface area (Å²) < 4.78 is 30.4. The first-order chi connectivity index (χ1) is 14.2. The Labute approximate surface area is 177 Å². The largest absolute Gasteiger partial charge is 0.465 e. The monoisotopic (exact) mass is 421 g/mol. The fraction of sp³-hybridized carbons (Fsp3) is 0.652. The van der Waals surface area contributed by atoms with E-state index in [0.717, 1.165) is 12.8 Å². The Bertz CT molecular complexity index is 746. The number of carbonyl (C=O) groups is 2. The SMILES string of the molecule is CC(C)(C)OC(=O)N1CCC(COC(=O)C2(c3cccc(F)c3)CCOCC2)CC1. The number of ether oxygens (including phenoxy) is 3. The number of nitrogens with zero attached hydrogens (tertiary/aromatic N) is 1. The summed E-state index contributed by atoms with van der Waals surface area (Å²) >= 11 is 0. The van der Waals surface area contributed by atoms with Crippen LogP contribution >= 0.6 is 0 Å². The van der Waals surface area contributed by atoms with E-state index < -0.39 is 11.0 Å². The molecule has 0 atom stereocenters. The summed E-state index contributed by atoms with van der Waals surface area (Å²) in [7, 11) is 0. The lowest BCUT2D eigenvalue weighted by atomic mass is 9.74. The molecule has 30 heavy (non-hydrogen) atoms. The minimum absolute atomic E-state index is 0.192. The zero-order valence-electron chi connectivity index (χ0n) is 18.1. The summed E-state index contributed by atoms with van der Waals surface area (Å²) in [6.07, 6.45) is 2.16. The number of amides is 1. The fourth-order valence-corrected chi connectivity index (χ4v) is 4.06. The van der Waals surface area contributed by atoms with E-state index in [1.54, 1.807) is 17.0 Å². The minimum atomic E-state index is -0.864. The molecule has 1 aromatic carbocycles. The molecule has 1 aromatic rings. The molecule has 2 fully saturated rings. The summed E-state index contributed by atoms with van der Waals surface area (Å²) in [5, 5.41) is 0. The molecular formula is C23H32FNO5. The van der Waals surface area contributed by atoms with Crippen LogP contribution in [-0.4, -0.2) is 55.5 Å². The van der Waals surface area contributed by atoms with Gasteiger partial charge in [-0.25, -0.2) is 9.18 Å². The van der Waals surface area contributed by atoms with Crippen molar-refractivity contribution in [2.75, 3.05) is 32.9 Å². The van der Waals surface area contributed by atoms with E-state index in [4.69, 9.17) is 14.2 Å². The Morgan fingerprint density at radius 1 is 1.20 bits per heavy atom. The minimum Gasteiger partial charge on any atom is -0.465 e. The van der Waals surface area contributed by atoms with E-state index in [0.29, 0.717) is 51.3 Å². The highest BCUT2D eigenvalue weighted by Gasteiger charge is 2.43. The van der Waals surface area contributed by atoms with Crippen molar-refractivity contribution in [2.45, 2.75) is 57.5 Å². The molecule has 7 heteroatoms. The van der Waals surface area contributed by atoms with Gasteiger partial charge in [-0.15, -0.1) is 0 Å². The van der Waals surface area contributed by atoms with Gasteiger partial charge in [0.2, 0.25) is 0 Å². The maximum absolute atomic E-state index is 13.8. The molecule has 0 radical (unpaired) electrons. The molecule has 0 spiro atoms. The van der Waals surface area contributed by atoms with Gasteiger partial charge in [-0.2, -0.15) is 0 Å². The Hall–Kier alpha value is -2.15. The van der Waals surface area contributed by atoms with Crippen LogP contribution in [0.3, 0.4) is 0 Å². The molecule has 0 aliphatic carbocycles. The number of rotatable bonds is 4. The molecule has 0 aromatic heterocycles. The van der Waals surface area contributed by atoms with Gasteiger partial charge in [-0.3, -0.25) is 4.79 Å². The van der Waals surface area contributed by atoms with Crippen LogP contribution < -0.4 is 0 Å². The van der Waals surface area contributed by atoms with E-state index in [9.17, 15) is 14.0 Å². The number of benzene rings is 1. The third-order valence-corrected chi connectivity index (χ3v) is 5.83. The Kier molecular flexibility index (Phi) is 7.01. The fourth-order valence-electron chi connectivity index (χ4n) is 4.06. The summed E-state index contributed by atoms with van der Waals surface area (Å²) in [4.78, 5) is 27.0. The maximum atomic E-state index is 13.8. The second-order valence-electron chi connectivity index (χ2n) is 9.21. The number of esters is 1. The first kappa shape index (κ1) is 22.5. The zero-order valence-corrected chi connectivity index (χ0v) is 18.1. The molecule has 2 heterocycles. The van der Waals surface area contributed by atoms with Gasteiger partial charge in [0.1, 0.15) is 11.4 Å². The molecule has 1 amide bonds. The van der Waals surface area contributed by atoms with E-state index in [1.807, 2.05) is 20.8 Å². The van der Waals surface area contributed by atoms with Crippen LogP contribution in [0.15, 0.2) is 24.3 Å². The molecule has 3 rings (SSSR count). The van der Waals surface area contributed by atoms with Gasteiger partial charge in [0.25, 0.3) is 0 Å². The highest BCUT2D eigenvalue weighted by molar-refractivity contribution is 5.83. The second kappa shape index (κ2) is 9.33. The highest BCUT2D eigenvalue weighted by Crippen LogP contribution is 2.37. The van der Waals surface area contributed by atoms with Crippen molar-refractivity contribution >= 4 is 12.1 Å².